The molecule has 1 fully saturated rings. The fourth-order valence-electron chi connectivity index (χ4n) is 2.90. The molecule has 2 aromatic rings. The molecule has 0 unspecified atom stereocenters. The van der Waals surface area contributed by atoms with Crippen LogP contribution in [0, 0.1) is 0 Å². The fraction of sp³-hybridized carbons (Fsp3) is 0.294. The molecular weight excluding hydrogens is 335 g/mol. The van der Waals surface area contributed by atoms with Crippen LogP contribution in [0.2, 0.25) is 0 Å². The van der Waals surface area contributed by atoms with E-state index in [1.54, 1.807) is 18.2 Å². The van der Waals surface area contributed by atoms with E-state index in [2.05, 4.69) is 0 Å². The molecule has 25 heavy (non-hydrogen) atoms. The first-order valence-corrected chi connectivity index (χ1v) is 7.78. The summed E-state index contributed by atoms with van der Waals surface area (Å²) < 4.78 is 40.3. The molecule has 2 heterocycles. The van der Waals surface area contributed by atoms with Crippen LogP contribution in [0.5, 0.6) is 0 Å². The lowest BCUT2D eigenvalue weighted by Gasteiger charge is -2.31. The maximum atomic E-state index is 13.1. The Morgan fingerprint density at radius 3 is 2.28 bits per heavy atom. The molecule has 0 aliphatic carbocycles. The normalized spacial score (nSPS) is 15.3. The van der Waals surface area contributed by atoms with Crippen molar-refractivity contribution in [3.63, 3.8) is 0 Å². The Morgan fingerprint density at radius 1 is 1.00 bits per heavy atom. The van der Waals surface area contributed by atoms with Crippen LogP contribution in [0.3, 0.4) is 0 Å². The summed E-state index contributed by atoms with van der Waals surface area (Å²) in [6.07, 6.45) is -3.08. The molecule has 5 nitrogen and oxygen atoms in total. The average molecular weight is 352 g/mol. The van der Waals surface area contributed by atoms with Crippen molar-refractivity contribution >= 4 is 11.7 Å². The fourth-order valence-corrected chi connectivity index (χ4v) is 2.90. The maximum absolute atomic E-state index is 13.1. The molecule has 1 amide bonds. The highest BCUT2D eigenvalue weighted by Gasteiger charge is 2.37. The Labute approximate surface area is 142 Å². The van der Waals surface area contributed by atoms with E-state index < -0.39 is 17.6 Å². The standard InChI is InChI=1S/C17H17F3N3O2/c18-17(19,20)14-6-2-1-5-13(14)16(24)22-11-9-21(10-12-22)15-7-3-4-8-23(15)25/h1-8,25H,9-12H2/q+1. The monoisotopic (exact) mass is 352 g/mol. The second-order valence-corrected chi connectivity index (χ2v) is 5.73. The summed E-state index contributed by atoms with van der Waals surface area (Å²) in [5, 5.41) is 9.81. The van der Waals surface area contributed by atoms with Crippen LogP contribution in [0.25, 0.3) is 0 Å². The van der Waals surface area contributed by atoms with Crippen molar-refractivity contribution in [3.8, 4) is 0 Å². The van der Waals surface area contributed by atoms with Gasteiger partial charge in [-0.15, -0.1) is 0 Å². The SMILES string of the molecule is O=C(c1ccccc1C(F)(F)F)N1CCN(c2cccc[n+]2O)CC1. The number of carbonyl (C=O) groups is 1. The number of halogens is 3. The first-order valence-electron chi connectivity index (χ1n) is 7.78. The molecule has 8 heteroatoms. The highest BCUT2D eigenvalue weighted by atomic mass is 19.4. The second-order valence-electron chi connectivity index (χ2n) is 5.73. The van der Waals surface area contributed by atoms with Gasteiger partial charge in [0.1, 0.15) is 19.3 Å². The summed E-state index contributed by atoms with van der Waals surface area (Å²) >= 11 is 0. The molecule has 1 aliphatic rings. The van der Waals surface area contributed by atoms with Gasteiger partial charge in [0, 0.05) is 6.07 Å². The number of carbonyl (C=O) groups excluding carboxylic acids is 1. The zero-order valence-electron chi connectivity index (χ0n) is 13.3. The van der Waals surface area contributed by atoms with Gasteiger partial charge in [0.2, 0.25) is 0 Å². The van der Waals surface area contributed by atoms with Crippen molar-refractivity contribution < 1.29 is 27.9 Å². The quantitative estimate of drug-likeness (QED) is 0.666. The largest absolute Gasteiger partial charge is 0.417 e. The highest BCUT2D eigenvalue weighted by Crippen LogP contribution is 2.32. The van der Waals surface area contributed by atoms with Gasteiger partial charge < -0.3 is 10.1 Å². The lowest BCUT2D eigenvalue weighted by molar-refractivity contribution is -0.894. The average Bonchev–Trinajstić information content (AvgIpc) is 2.61. The van der Waals surface area contributed by atoms with Crippen molar-refractivity contribution in [2.75, 3.05) is 31.1 Å². The number of piperazine rings is 1. The Morgan fingerprint density at radius 2 is 1.64 bits per heavy atom. The molecule has 1 saturated heterocycles. The number of rotatable bonds is 2. The number of aromatic nitrogens is 1. The van der Waals surface area contributed by atoms with Gasteiger partial charge in [-0.2, -0.15) is 13.2 Å². The molecular formula is C17H17F3N3O2+. The number of benzene rings is 1. The summed E-state index contributed by atoms with van der Waals surface area (Å²) in [5.74, 6) is -0.0530. The molecule has 1 aromatic heterocycles. The number of amides is 1. The van der Waals surface area contributed by atoms with E-state index in [0.717, 1.165) is 10.8 Å². The van der Waals surface area contributed by atoms with Crippen molar-refractivity contribution in [2.45, 2.75) is 6.18 Å². The number of hydrogen-bond donors (Lipinski definition) is 1. The van der Waals surface area contributed by atoms with Crippen LogP contribution in [0.4, 0.5) is 19.0 Å². The summed E-state index contributed by atoms with van der Waals surface area (Å²) in [6, 6.07) is 10.0. The third kappa shape index (κ3) is 3.52. The van der Waals surface area contributed by atoms with Gasteiger partial charge in [-0.3, -0.25) is 9.69 Å². The minimum Gasteiger partial charge on any atom is -0.350 e. The van der Waals surface area contributed by atoms with E-state index in [9.17, 15) is 23.2 Å². The molecule has 0 bridgehead atoms. The lowest BCUT2D eigenvalue weighted by Crippen LogP contribution is -2.52. The predicted molar refractivity (Wildman–Crippen MR) is 83.4 cm³/mol. The molecule has 132 valence electrons. The topological polar surface area (TPSA) is 47.7 Å². The van der Waals surface area contributed by atoms with Crippen molar-refractivity contribution in [1.29, 1.82) is 0 Å². The zero-order valence-corrected chi connectivity index (χ0v) is 13.3. The Hall–Kier alpha value is -2.77. The van der Waals surface area contributed by atoms with Gasteiger partial charge in [-0.25, -0.2) is 0 Å². The van der Waals surface area contributed by atoms with Crippen LogP contribution < -0.4 is 9.63 Å². The van der Waals surface area contributed by atoms with Crippen molar-refractivity contribution in [2.24, 2.45) is 0 Å². The van der Waals surface area contributed by atoms with Crippen molar-refractivity contribution in [1.82, 2.24) is 4.90 Å². The molecule has 1 N–H and O–H groups in total. The van der Waals surface area contributed by atoms with E-state index in [1.807, 2.05) is 4.90 Å². The number of hydrogen-bond acceptors (Lipinski definition) is 3. The van der Waals surface area contributed by atoms with Gasteiger partial charge in [0.05, 0.1) is 24.2 Å². The Kier molecular flexibility index (Phi) is 4.52. The minimum atomic E-state index is -4.57. The van der Waals surface area contributed by atoms with Crippen LogP contribution in [-0.2, 0) is 6.18 Å². The third-order valence-electron chi connectivity index (χ3n) is 4.17. The predicted octanol–water partition coefficient (Wildman–Crippen LogP) is 2.19. The van der Waals surface area contributed by atoms with Gasteiger partial charge in [0.25, 0.3) is 5.91 Å². The summed E-state index contributed by atoms with van der Waals surface area (Å²) in [6.45, 7) is 1.40. The van der Waals surface area contributed by atoms with E-state index in [-0.39, 0.29) is 18.7 Å². The molecule has 1 aliphatic heterocycles. The third-order valence-corrected chi connectivity index (χ3v) is 4.17. The Bertz CT molecular complexity index is 772. The van der Waals surface area contributed by atoms with Crippen molar-refractivity contribution in [3.05, 3.63) is 59.8 Å². The number of pyridine rings is 1. The minimum absolute atomic E-state index is 0.278. The molecule has 0 saturated carbocycles. The summed E-state index contributed by atoms with van der Waals surface area (Å²) in [7, 11) is 0. The number of anilines is 1. The smallest absolute Gasteiger partial charge is 0.350 e. The molecule has 3 rings (SSSR count). The highest BCUT2D eigenvalue weighted by molar-refractivity contribution is 5.96. The lowest BCUT2D eigenvalue weighted by atomic mass is 10.1. The van der Waals surface area contributed by atoms with E-state index in [4.69, 9.17) is 0 Å². The van der Waals surface area contributed by atoms with Crippen LogP contribution in [-0.4, -0.2) is 42.2 Å². The van der Waals surface area contributed by atoms with E-state index in [0.29, 0.717) is 18.9 Å². The van der Waals surface area contributed by atoms with Gasteiger partial charge >= 0.3 is 12.0 Å². The maximum Gasteiger partial charge on any atom is 0.417 e. The molecule has 0 radical (unpaired) electrons. The van der Waals surface area contributed by atoms with Crippen LogP contribution in [0.15, 0.2) is 48.7 Å². The van der Waals surface area contributed by atoms with Crippen LogP contribution in [0.1, 0.15) is 15.9 Å². The first-order chi connectivity index (χ1) is 11.9. The van der Waals surface area contributed by atoms with Gasteiger partial charge in [-0.05, 0) is 18.2 Å². The molecule has 1 aromatic carbocycles. The van der Waals surface area contributed by atoms with Gasteiger partial charge in [0.15, 0.2) is 0 Å². The van der Waals surface area contributed by atoms with Crippen LogP contribution >= 0.6 is 0 Å². The van der Waals surface area contributed by atoms with Gasteiger partial charge in [-0.1, -0.05) is 22.9 Å². The number of alkyl halides is 3. The van der Waals surface area contributed by atoms with E-state index in [1.165, 1.54) is 29.3 Å². The summed E-state index contributed by atoms with van der Waals surface area (Å²) in [4.78, 5) is 15.8. The Balaban J connectivity index is 1.74. The number of nitrogens with zero attached hydrogens (tertiary/aromatic N) is 3. The van der Waals surface area contributed by atoms with E-state index >= 15 is 0 Å². The second kappa shape index (κ2) is 6.62. The zero-order chi connectivity index (χ0) is 18.0. The molecule has 0 atom stereocenters. The summed E-state index contributed by atoms with van der Waals surface area (Å²) in [5.41, 5.74) is -1.25. The first kappa shape index (κ1) is 17.1. The molecule has 0 spiro atoms.